The summed E-state index contributed by atoms with van der Waals surface area (Å²) in [6.45, 7) is -0.511. The van der Waals surface area contributed by atoms with Crippen LogP contribution in [0.15, 0.2) is 78.9 Å². The lowest BCUT2D eigenvalue weighted by molar-refractivity contribution is -0.139. The third-order valence-corrected chi connectivity index (χ3v) is 7.34. The maximum absolute atomic E-state index is 13.8. The van der Waals surface area contributed by atoms with E-state index in [-0.39, 0.29) is 24.6 Å². The number of carbonyl (C=O) groups is 2. The number of benzene rings is 3. The lowest BCUT2D eigenvalue weighted by Gasteiger charge is -2.33. The minimum atomic E-state index is -3.85. The summed E-state index contributed by atoms with van der Waals surface area (Å²) < 4.78 is 26.3. The number of halogens is 2. The van der Waals surface area contributed by atoms with E-state index in [0.29, 0.717) is 15.6 Å². The smallest absolute Gasteiger partial charge is 0.244 e. The van der Waals surface area contributed by atoms with Gasteiger partial charge in [-0.25, -0.2) is 8.42 Å². The van der Waals surface area contributed by atoms with E-state index in [1.54, 1.807) is 42.5 Å². The van der Waals surface area contributed by atoms with Crippen molar-refractivity contribution in [2.75, 3.05) is 24.2 Å². The van der Waals surface area contributed by atoms with E-state index in [1.807, 2.05) is 30.3 Å². The van der Waals surface area contributed by atoms with Gasteiger partial charge in [0.25, 0.3) is 0 Å². The molecule has 0 spiro atoms. The summed E-state index contributed by atoms with van der Waals surface area (Å²) in [5, 5.41) is 3.39. The van der Waals surface area contributed by atoms with Crippen LogP contribution in [0.3, 0.4) is 0 Å². The number of rotatable bonds is 10. The van der Waals surface area contributed by atoms with Crippen LogP contribution in [-0.2, 0) is 32.6 Å². The molecule has 0 saturated carbocycles. The first-order valence-corrected chi connectivity index (χ1v) is 13.7. The molecule has 2 amide bonds. The topological polar surface area (TPSA) is 86.8 Å². The fourth-order valence-electron chi connectivity index (χ4n) is 3.78. The molecule has 0 aliphatic heterocycles. The third kappa shape index (κ3) is 7.22. The summed E-state index contributed by atoms with van der Waals surface area (Å²) >= 11 is 12.5. The fraction of sp³-hybridized carbons (Fsp3) is 0.231. The predicted octanol–water partition coefficient (Wildman–Crippen LogP) is 4.15. The van der Waals surface area contributed by atoms with Gasteiger partial charge in [-0.2, -0.15) is 0 Å². The Balaban J connectivity index is 2.04. The van der Waals surface area contributed by atoms with E-state index in [0.717, 1.165) is 16.1 Å². The van der Waals surface area contributed by atoms with Crippen LogP contribution in [0, 0.1) is 0 Å². The molecule has 0 aromatic heterocycles. The first-order chi connectivity index (χ1) is 17.1. The Morgan fingerprint density at radius 3 is 2.22 bits per heavy atom. The van der Waals surface area contributed by atoms with Crippen LogP contribution in [0.25, 0.3) is 0 Å². The highest BCUT2D eigenvalue weighted by Gasteiger charge is 2.33. The largest absolute Gasteiger partial charge is 0.357 e. The molecule has 0 aliphatic carbocycles. The van der Waals surface area contributed by atoms with Gasteiger partial charge in [-0.15, -0.1) is 0 Å². The number of nitrogens with zero attached hydrogens (tertiary/aromatic N) is 2. The van der Waals surface area contributed by atoms with Gasteiger partial charge in [0.2, 0.25) is 21.8 Å². The normalized spacial score (nSPS) is 12.0. The molecule has 0 bridgehead atoms. The van der Waals surface area contributed by atoms with E-state index >= 15 is 0 Å². The predicted molar refractivity (Wildman–Crippen MR) is 144 cm³/mol. The zero-order chi connectivity index (χ0) is 26.3. The highest BCUT2D eigenvalue weighted by Crippen LogP contribution is 2.24. The summed E-state index contributed by atoms with van der Waals surface area (Å²) in [5.41, 5.74) is 1.72. The Morgan fingerprint density at radius 2 is 1.61 bits per heavy atom. The Morgan fingerprint density at radius 1 is 0.944 bits per heavy atom. The van der Waals surface area contributed by atoms with Crippen molar-refractivity contribution >= 4 is 50.7 Å². The van der Waals surface area contributed by atoms with Crippen molar-refractivity contribution < 1.29 is 18.0 Å². The molecule has 0 aliphatic rings. The quantitative estimate of drug-likeness (QED) is 0.413. The van der Waals surface area contributed by atoms with Crippen LogP contribution in [0.2, 0.25) is 10.0 Å². The second kappa shape index (κ2) is 12.3. The summed E-state index contributed by atoms with van der Waals surface area (Å²) in [5.74, 6) is -0.947. The number of sulfonamides is 1. The molecule has 0 fully saturated rings. The van der Waals surface area contributed by atoms with Crippen molar-refractivity contribution in [1.29, 1.82) is 0 Å². The van der Waals surface area contributed by atoms with Crippen LogP contribution < -0.4 is 9.62 Å². The first kappa shape index (κ1) is 27.5. The molecular formula is C26H27Cl2N3O4S. The van der Waals surface area contributed by atoms with Crippen molar-refractivity contribution in [2.45, 2.75) is 19.0 Å². The summed E-state index contributed by atoms with van der Waals surface area (Å²) in [6, 6.07) is 21.6. The van der Waals surface area contributed by atoms with Gasteiger partial charge >= 0.3 is 0 Å². The minimum Gasteiger partial charge on any atom is -0.357 e. The Hall–Kier alpha value is -3.07. The van der Waals surface area contributed by atoms with Crippen LogP contribution in [-0.4, -0.2) is 51.0 Å². The lowest BCUT2D eigenvalue weighted by atomic mass is 10.0. The van der Waals surface area contributed by atoms with Crippen molar-refractivity contribution in [3.8, 4) is 0 Å². The molecule has 7 nitrogen and oxygen atoms in total. The molecule has 36 heavy (non-hydrogen) atoms. The zero-order valence-corrected chi connectivity index (χ0v) is 22.2. The van der Waals surface area contributed by atoms with Crippen LogP contribution in [0.4, 0.5) is 5.69 Å². The molecule has 3 aromatic rings. The maximum Gasteiger partial charge on any atom is 0.244 e. The Bertz CT molecular complexity index is 1320. The Labute approximate surface area is 221 Å². The molecule has 0 radical (unpaired) electrons. The van der Waals surface area contributed by atoms with Gasteiger partial charge < -0.3 is 10.2 Å². The van der Waals surface area contributed by atoms with Gasteiger partial charge in [0.05, 0.1) is 11.9 Å². The number of anilines is 1. The van der Waals surface area contributed by atoms with E-state index in [1.165, 1.54) is 18.0 Å². The first-order valence-electron chi connectivity index (χ1n) is 11.1. The van der Waals surface area contributed by atoms with Gasteiger partial charge in [-0.3, -0.25) is 13.9 Å². The minimum absolute atomic E-state index is 0.0105. The number of hydrogen-bond acceptors (Lipinski definition) is 4. The van der Waals surface area contributed by atoms with Crippen molar-refractivity contribution in [1.82, 2.24) is 10.2 Å². The van der Waals surface area contributed by atoms with Gasteiger partial charge in [0, 0.05) is 30.1 Å². The average Bonchev–Trinajstić information content (AvgIpc) is 2.85. The summed E-state index contributed by atoms with van der Waals surface area (Å²) in [4.78, 5) is 28.2. The molecule has 3 rings (SSSR count). The van der Waals surface area contributed by atoms with Crippen LogP contribution in [0.5, 0.6) is 0 Å². The molecule has 10 heteroatoms. The van der Waals surface area contributed by atoms with Crippen LogP contribution >= 0.6 is 23.2 Å². The highest BCUT2D eigenvalue weighted by molar-refractivity contribution is 7.92. The van der Waals surface area contributed by atoms with Gasteiger partial charge in [-0.05, 0) is 35.4 Å². The molecule has 3 aromatic carbocycles. The second-order valence-electron chi connectivity index (χ2n) is 8.18. The molecule has 0 heterocycles. The van der Waals surface area contributed by atoms with Crippen molar-refractivity contribution in [3.63, 3.8) is 0 Å². The Kier molecular flexibility index (Phi) is 9.37. The molecule has 190 valence electrons. The van der Waals surface area contributed by atoms with E-state index in [4.69, 9.17) is 23.2 Å². The number of likely N-dealkylation sites (N-methyl/N-ethyl adjacent to an activating group) is 1. The molecule has 1 N–H and O–H groups in total. The third-order valence-electron chi connectivity index (χ3n) is 5.59. The SMILES string of the molecule is CNC(=O)C(Cc1ccccc1)N(Cc1ccccc1Cl)C(=O)CN(c1cccc(Cl)c1)S(C)(=O)=O. The van der Waals surface area contributed by atoms with Crippen LogP contribution in [0.1, 0.15) is 11.1 Å². The van der Waals surface area contributed by atoms with Crippen molar-refractivity contribution in [3.05, 3.63) is 100 Å². The molecule has 1 unspecified atom stereocenters. The number of amides is 2. The van der Waals surface area contributed by atoms with E-state index < -0.39 is 28.5 Å². The van der Waals surface area contributed by atoms with E-state index in [9.17, 15) is 18.0 Å². The lowest BCUT2D eigenvalue weighted by Crippen LogP contribution is -2.52. The fourth-order valence-corrected chi connectivity index (χ4v) is 5.00. The highest BCUT2D eigenvalue weighted by atomic mass is 35.5. The van der Waals surface area contributed by atoms with Gasteiger partial charge in [0.1, 0.15) is 12.6 Å². The summed E-state index contributed by atoms with van der Waals surface area (Å²) in [7, 11) is -2.36. The number of hydrogen-bond donors (Lipinski definition) is 1. The average molecular weight is 548 g/mol. The second-order valence-corrected chi connectivity index (χ2v) is 10.9. The summed E-state index contributed by atoms with van der Waals surface area (Å²) in [6.07, 6.45) is 1.24. The van der Waals surface area contributed by atoms with E-state index in [2.05, 4.69) is 5.32 Å². The zero-order valence-electron chi connectivity index (χ0n) is 19.9. The monoisotopic (exact) mass is 547 g/mol. The molecular weight excluding hydrogens is 521 g/mol. The number of nitrogens with one attached hydrogen (secondary N) is 1. The maximum atomic E-state index is 13.8. The van der Waals surface area contributed by atoms with Crippen molar-refractivity contribution in [2.24, 2.45) is 0 Å². The number of carbonyl (C=O) groups excluding carboxylic acids is 2. The molecule has 1 atom stereocenters. The van der Waals surface area contributed by atoms with Gasteiger partial charge in [0.15, 0.2) is 0 Å². The van der Waals surface area contributed by atoms with Gasteiger partial charge in [-0.1, -0.05) is 77.8 Å². The molecule has 0 saturated heterocycles. The standard InChI is InChI=1S/C26H27Cl2N3O4S/c1-29-26(33)24(15-19-9-4-3-5-10-19)30(17-20-11-6-7-14-23(20)28)25(32)18-31(36(2,34)35)22-13-8-12-21(27)16-22/h3-14,16,24H,15,17-18H2,1-2H3,(H,29,33).